The standard InChI is InChI=1S/C17H26N2S/c1-19(2)17(9-5-6-10-17)13-18-12-15-11-14-7-3-4-8-16(14)20-15/h3-4,7-8,15,18H,5-6,9-13H2,1-2H3. The molecular formula is C17H26N2S. The van der Waals surface area contributed by atoms with Crippen LogP contribution in [0, 0.1) is 0 Å². The van der Waals surface area contributed by atoms with Crippen LogP contribution in [0.5, 0.6) is 0 Å². The van der Waals surface area contributed by atoms with Gasteiger partial charge >= 0.3 is 0 Å². The largest absolute Gasteiger partial charge is 0.314 e. The summed E-state index contributed by atoms with van der Waals surface area (Å²) >= 11 is 2.05. The predicted molar refractivity (Wildman–Crippen MR) is 87.5 cm³/mol. The second-order valence-electron chi connectivity index (χ2n) is 6.51. The minimum Gasteiger partial charge on any atom is -0.314 e. The highest BCUT2D eigenvalue weighted by Crippen LogP contribution is 2.37. The quantitative estimate of drug-likeness (QED) is 0.897. The van der Waals surface area contributed by atoms with E-state index in [-0.39, 0.29) is 0 Å². The molecule has 1 aromatic rings. The van der Waals surface area contributed by atoms with Gasteiger partial charge in [0.1, 0.15) is 0 Å². The summed E-state index contributed by atoms with van der Waals surface area (Å²) in [5, 5.41) is 4.48. The van der Waals surface area contributed by atoms with Gasteiger partial charge in [0, 0.05) is 28.8 Å². The number of hydrogen-bond acceptors (Lipinski definition) is 3. The summed E-state index contributed by atoms with van der Waals surface area (Å²) in [4.78, 5) is 3.94. The molecule has 1 N–H and O–H groups in total. The average molecular weight is 290 g/mol. The first-order chi connectivity index (χ1) is 9.70. The Morgan fingerprint density at radius 3 is 2.70 bits per heavy atom. The first kappa shape index (κ1) is 14.4. The maximum absolute atomic E-state index is 3.76. The molecule has 110 valence electrons. The van der Waals surface area contributed by atoms with Crippen molar-refractivity contribution >= 4 is 11.8 Å². The van der Waals surface area contributed by atoms with Crippen LogP contribution in [0.2, 0.25) is 0 Å². The van der Waals surface area contributed by atoms with Gasteiger partial charge in [0.25, 0.3) is 0 Å². The molecule has 0 radical (unpaired) electrons. The average Bonchev–Trinajstić information content (AvgIpc) is 3.05. The number of hydrogen-bond donors (Lipinski definition) is 1. The predicted octanol–water partition coefficient (Wildman–Crippen LogP) is 3.17. The zero-order chi connectivity index (χ0) is 14.0. The molecular weight excluding hydrogens is 264 g/mol. The molecule has 0 spiro atoms. The van der Waals surface area contributed by atoms with Crippen LogP contribution in [-0.2, 0) is 6.42 Å². The van der Waals surface area contributed by atoms with Crippen LogP contribution in [0.3, 0.4) is 0 Å². The van der Waals surface area contributed by atoms with Crippen LogP contribution in [0.25, 0.3) is 0 Å². The van der Waals surface area contributed by atoms with E-state index in [9.17, 15) is 0 Å². The van der Waals surface area contributed by atoms with Crippen molar-refractivity contribution in [1.82, 2.24) is 10.2 Å². The second-order valence-corrected chi connectivity index (χ2v) is 7.85. The molecule has 20 heavy (non-hydrogen) atoms. The number of rotatable bonds is 5. The van der Waals surface area contributed by atoms with Crippen molar-refractivity contribution in [1.29, 1.82) is 0 Å². The van der Waals surface area contributed by atoms with Crippen molar-refractivity contribution in [3.63, 3.8) is 0 Å². The Kier molecular flexibility index (Phi) is 4.39. The summed E-state index contributed by atoms with van der Waals surface area (Å²) in [7, 11) is 4.49. The Labute approximate surface area is 127 Å². The van der Waals surface area contributed by atoms with Gasteiger partial charge in [0.05, 0.1) is 0 Å². The number of nitrogens with one attached hydrogen (secondary N) is 1. The van der Waals surface area contributed by atoms with Gasteiger partial charge in [-0.3, -0.25) is 0 Å². The smallest absolute Gasteiger partial charge is 0.0327 e. The fraction of sp³-hybridized carbons (Fsp3) is 0.647. The fourth-order valence-electron chi connectivity index (χ4n) is 3.65. The van der Waals surface area contributed by atoms with Gasteiger partial charge in [-0.2, -0.15) is 0 Å². The molecule has 1 aliphatic heterocycles. The van der Waals surface area contributed by atoms with E-state index in [0.717, 1.165) is 13.1 Å². The summed E-state index contributed by atoms with van der Waals surface area (Å²) in [6, 6.07) is 8.86. The lowest BCUT2D eigenvalue weighted by Gasteiger charge is -2.37. The summed E-state index contributed by atoms with van der Waals surface area (Å²) in [5.41, 5.74) is 1.95. The highest BCUT2D eigenvalue weighted by Gasteiger charge is 2.35. The molecule has 0 bridgehead atoms. The number of fused-ring (bicyclic) bond motifs is 1. The van der Waals surface area contributed by atoms with Crippen molar-refractivity contribution < 1.29 is 0 Å². The minimum atomic E-state index is 0.413. The highest BCUT2D eigenvalue weighted by atomic mass is 32.2. The lowest BCUT2D eigenvalue weighted by atomic mass is 9.96. The lowest BCUT2D eigenvalue weighted by Crippen LogP contribution is -2.50. The van der Waals surface area contributed by atoms with Gasteiger partial charge in [-0.1, -0.05) is 31.0 Å². The molecule has 1 aliphatic carbocycles. The molecule has 1 saturated carbocycles. The summed E-state index contributed by atoms with van der Waals surface area (Å²) in [6.07, 6.45) is 6.71. The van der Waals surface area contributed by atoms with Crippen molar-refractivity contribution in [2.75, 3.05) is 27.2 Å². The van der Waals surface area contributed by atoms with Crippen LogP contribution in [-0.4, -0.2) is 42.9 Å². The first-order valence-corrected chi connectivity index (χ1v) is 8.70. The molecule has 1 fully saturated rings. The van der Waals surface area contributed by atoms with Gasteiger partial charge in [0.2, 0.25) is 0 Å². The van der Waals surface area contributed by atoms with Crippen molar-refractivity contribution in [3.05, 3.63) is 29.8 Å². The molecule has 0 amide bonds. The van der Waals surface area contributed by atoms with Gasteiger partial charge < -0.3 is 10.2 Å². The maximum atomic E-state index is 3.76. The zero-order valence-electron chi connectivity index (χ0n) is 12.7. The summed E-state index contributed by atoms with van der Waals surface area (Å²) in [5.74, 6) is 0. The molecule has 0 aromatic heterocycles. The Hall–Kier alpha value is -0.510. The van der Waals surface area contributed by atoms with E-state index in [1.165, 1.54) is 42.6 Å². The second kappa shape index (κ2) is 6.08. The summed E-state index contributed by atoms with van der Waals surface area (Å²) in [6.45, 7) is 2.28. The van der Waals surface area contributed by atoms with Gasteiger partial charge in [-0.15, -0.1) is 11.8 Å². The van der Waals surface area contributed by atoms with E-state index in [2.05, 4.69) is 48.6 Å². The fourth-order valence-corrected chi connectivity index (χ4v) is 4.93. The van der Waals surface area contributed by atoms with Gasteiger partial charge in [-0.25, -0.2) is 0 Å². The minimum absolute atomic E-state index is 0.413. The Bertz CT molecular complexity index is 427. The SMILES string of the molecule is CN(C)C1(CNCC2Cc3ccccc3S2)CCCC1. The van der Waals surface area contributed by atoms with E-state index in [4.69, 9.17) is 0 Å². The van der Waals surface area contributed by atoms with E-state index in [0.29, 0.717) is 10.8 Å². The number of benzene rings is 1. The molecule has 3 heteroatoms. The van der Waals surface area contributed by atoms with E-state index >= 15 is 0 Å². The number of nitrogens with zero attached hydrogens (tertiary/aromatic N) is 1. The molecule has 1 atom stereocenters. The molecule has 2 aliphatic rings. The monoisotopic (exact) mass is 290 g/mol. The van der Waals surface area contributed by atoms with E-state index in [1.54, 1.807) is 0 Å². The third kappa shape index (κ3) is 2.90. The van der Waals surface area contributed by atoms with Crippen molar-refractivity contribution in [3.8, 4) is 0 Å². The molecule has 1 heterocycles. The molecule has 1 unspecified atom stereocenters. The topological polar surface area (TPSA) is 15.3 Å². The Balaban J connectivity index is 1.49. The maximum Gasteiger partial charge on any atom is 0.0327 e. The Morgan fingerprint density at radius 1 is 1.25 bits per heavy atom. The number of thioether (sulfide) groups is 1. The van der Waals surface area contributed by atoms with Crippen LogP contribution >= 0.6 is 11.8 Å². The third-order valence-electron chi connectivity index (χ3n) is 5.02. The van der Waals surface area contributed by atoms with E-state index < -0.39 is 0 Å². The first-order valence-electron chi connectivity index (χ1n) is 7.82. The Morgan fingerprint density at radius 2 is 2.00 bits per heavy atom. The van der Waals surface area contributed by atoms with E-state index in [1.807, 2.05) is 11.8 Å². The normalized spacial score (nSPS) is 24.2. The van der Waals surface area contributed by atoms with Crippen LogP contribution in [0.15, 0.2) is 29.2 Å². The zero-order valence-corrected chi connectivity index (χ0v) is 13.5. The third-order valence-corrected chi connectivity index (χ3v) is 6.34. The van der Waals surface area contributed by atoms with Gasteiger partial charge in [0.15, 0.2) is 0 Å². The van der Waals surface area contributed by atoms with Crippen LogP contribution < -0.4 is 5.32 Å². The number of likely N-dealkylation sites (N-methyl/N-ethyl adjacent to an activating group) is 1. The molecule has 3 rings (SSSR count). The molecule has 0 saturated heterocycles. The highest BCUT2D eigenvalue weighted by molar-refractivity contribution is 8.00. The summed E-state index contributed by atoms with van der Waals surface area (Å²) < 4.78 is 0. The van der Waals surface area contributed by atoms with Crippen LogP contribution in [0.1, 0.15) is 31.2 Å². The van der Waals surface area contributed by atoms with Crippen LogP contribution in [0.4, 0.5) is 0 Å². The lowest BCUT2D eigenvalue weighted by molar-refractivity contribution is 0.154. The molecule has 2 nitrogen and oxygen atoms in total. The van der Waals surface area contributed by atoms with Crippen molar-refractivity contribution in [2.24, 2.45) is 0 Å². The van der Waals surface area contributed by atoms with Gasteiger partial charge in [-0.05, 0) is 45.0 Å². The van der Waals surface area contributed by atoms with Crippen molar-refractivity contribution in [2.45, 2.75) is 47.8 Å². The molecule has 1 aromatic carbocycles.